The average molecular weight is 275 g/mol. The molecular weight excluding hydrogens is 258 g/mol. The predicted molar refractivity (Wildman–Crippen MR) is 72.4 cm³/mol. The zero-order valence-corrected chi connectivity index (χ0v) is 11.1. The van der Waals surface area contributed by atoms with E-state index in [1.165, 1.54) is 0 Å². The summed E-state index contributed by atoms with van der Waals surface area (Å²) in [6.45, 7) is 0.608. The van der Waals surface area contributed by atoms with Gasteiger partial charge in [0, 0.05) is 24.3 Å². The zero-order chi connectivity index (χ0) is 13.9. The summed E-state index contributed by atoms with van der Waals surface area (Å²) in [5, 5.41) is 2.83. The van der Waals surface area contributed by atoms with Crippen LogP contribution in [0, 0.1) is 5.92 Å². The SMILES string of the molecule is O=C(Nc1cccc(OC(=O)[C@@H]2CCCO2)c1)C1CC1. The van der Waals surface area contributed by atoms with Crippen molar-refractivity contribution in [2.24, 2.45) is 5.92 Å². The monoisotopic (exact) mass is 275 g/mol. The van der Waals surface area contributed by atoms with Crippen molar-refractivity contribution in [3.05, 3.63) is 24.3 Å². The van der Waals surface area contributed by atoms with Crippen molar-refractivity contribution in [1.82, 2.24) is 0 Å². The number of hydrogen-bond donors (Lipinski definition) is 1. The molecule has 1 heterocycles. The number of hydrogen-bond acceptors (Lipinski definition) is 4. The molecule has 0 aromatic heterocycles. The van der Waals surface area contributed by atoms with Gasteiger partial charge in [-0.25, -0.2) is 4.79 Å². The lowest BCUT2D eigenvalue weighted by molar-refractivity contribution is -0.144. The Bertz CT molecular complexity index is 518. The van der Waals surface area contributed by atoms with Crippen LogP contribution in [-0.4, -0.2) is 24.6 Å². The Morgan fingerprint density at radius 2 is 2.10 bits per heavy atom. The molecule has 5 nitrogen and oxygen atoms in total. The molecule has 0 bridgehead atoms. The second kappa shape index (κ2) is 5.63. The summed E-state index contributed by atoms with van der Waals surface area (Å²) in [7, 11) is 0. The molecule has 1 aliphatic heterocycles. The molecule has 1 amide bonds. The van der Waals surface area contributed by atoms with Gasteiger partial charge in [0.15, 0.2) is 6.10 Å². The van der Waals surface area contributed by atoms with E-state index in [1.807, 2.05) is 0 Å². The summed E-state index contributed by atoms with van der Waals surface area (Å²) in [5.74, 6) is 0.243. The maximum Gasteiger partial charge on any atom is 0.340 e. The largest absolute Gasteiger partial charge is 0.425 e. The van der Waals surface area contributed by atoms with Crippen LogP contribution in [0.1, 0.15) is 25.7 Å². The molecule has 1 aliphatic carbocycles. The number of carbonyl (C=O) groups excluding carboxylic acids is 2. The lowest BCUT2D eigenvalue weighted by Crippen LogP contribution is -2.24. The highest BCUT2D eigenvalue weighted by atomic mass is 16.6. The minimum absolute atomic E-state index is 0.0348. The van der Waals surface area contributed by atoms with Gasteiger partial charge >= 0.3 is 5.97 Å². The summed E-state index contributed by atoms with van der Waals surface area (Å²) >= 11 is 0. The first-order valence-electron chi connectivity index (χ1n) is 6.96. The molecule has 106 valence electrons. The molecule has 1 N–H and O–H groups in total. The Kier molecular flexibility index (Phi) is 3.69. The fourth-order valence-electron chi connectivity index (χ4n) is 2.17. The topological polar surface area (TPSA) is 64.6 Å². The van der Waals surface area contributed by atoms with E-state index in [0.717, 1.165) is 19.3 Å². The first-order chi connectivity index (χ1) is 9.72. The van der Waals surface area contributed by atoms with E-state index in [0.29, 0.717) is 24.5 Å². The van der Waals surface area contributed by atoms with Gasteiger partial charge in [0.25, 0.3) is 0 Å². The van der Waals surface area contributed by atoms with Crippen molar-refractivity contribution in [3.63, 3.8) is 0 Å². The third kappa shape index (κ3) is 3.17. The highest BCUT2D eigenvalue weighted by Gasteiger charge is 2.29. The van der Waals surface area contributed by atoms with Crippen LogP contribution in [0.5, 0.6) is 5.75 Å². The van der Waals surface area contributed by atoms with Crippen LogP contribution in [0.4, 0.5) is 5.69 Å². The van der Waals surface area contributed by atoms with Gasteiger partial charge in [-0.15, -0.1) is 0 Å². The van der Waals surface area contributed by atoms with Crippen molar-refractivity contribution in [2.75, 3.05) is 11.9 Å². The van der Waals surface area contributed by atoms with Gasteiger partial charge in [0.1, 0.15) is 5.75 Å². The van der Waals surface area contributed by atoms with Gasteiger partial charge in [0.05, 0.1) is 0 Å². The van der Waals surface area contributed by atoms with Crippen molar-refractivity contribution < 1.29 is 19.1 Å². The maximum atomic E-state index is 11.8. The normalized spacial score (nSPS) is 21.5. The average Bonchev–Trinajstić information content (AvgIpc) is 3.14. The van der Waals surface area contributed by atoms with Crippen molar-refractivity contribution in [1.29, 1.82) is 0 Å². The summed E-state index contributed by atoms with van der Waals surface area (Å²) in [6.07, 6.45) is 3.05. The first-order valence-corrected chi connectivity index (χ1v) is 6.96. The molecule has 0 radical (unpaired) electrons. The fraction of sp³-hybridized carbons (Fsp3) is 0.467. The van der Waals surface area contributed by atoms with E-state index in [-0.39, 0.29) is 17.8 Å². The summed E-state index contributed by atoms with van der Waals surface area (Å²) < 4.78 is 10.6. The standard InChI is InChI=1S/C15H17NO4/c17-14(10-6-7-10)16-11-3-1-4-12(9-11)20-15(18)13-5-2-8-19-13/h1,3-4,9-10,13H,2,5-8H2,(H,16,17)/t13-/m0/s1. The van der Waals surface area contributed by atoms with Crippen molar-refractivity contribution in [2.45, 2.75) is 31.8 Å². The lowest BCUT2D eigenvalue weighted by atomic mass is 10.2. The molecular formula is C15H17NO4. The number of amides is 1. The van der Waals surface area contributed by atoms with Crippen LogP contribution in [-0.2, 0) is 14.3 Å². The van der Waals surface area contributed by atoms with Crippen LogP contribution in [0.15, 0.2) is 24.3 Å². The maximum absolute atomic E-state index is 11.8. The number of anilines is 1. The molecule has 1 saturated heterocycles. The van der Waals surface area contributed by atoms with Crippen molar-refractivity contribution >= 4 is 17.6 Å². The van der Waals surface area contributed by atoms with E-state index < -0.39 is 6.10 Å². The lowest BCUT2D eigenvalue weighted by Gasteiger charge is -2.10. The number of benzene rings is 1. The van der Waals surface area contributed by atoms with Gasteiger partial charge in [-0.05, 0) is 37.8 Å². The molecule has 5 heteroatoms. The predicted octanol–water partition coefficient (Wildman–Crippen LogP) is 2.12. The van der Waals surface area contributed by atoms with E-state index >= 15 is 0 Å². The second-order valence-electron chi connectivity index (χ2n) is 5.21. The van der Waals surface area contributed by atoms with Gasteiger partial charge in [-0.1, -0.05) is 6.07 Å². The Morgan fingerprint density at radius 1 is 1.25 bits per heavy atom. The van der Waals surface area contributed by atoms with E-state index in [4.69, 9.17) is 9.47 Å². The molecule has 1 saturated carbocycles. The second-order valence-corrected chi connectivity index (χ2v) is 5.21. The highest BCUT2D eigenvalue weighted by Crippen LogP contribution is 2.30. The zero-order valence-electron chi connectivity index (χ0n) is 11.1. The van der Waals surface area contributed by atoms with Gasteiger partial charge in [-0.2, -0.15) is 0 Å². The van der Waals surface area contributed by atoms with Gasteiger partial charge in [0.2, 0.25) is 5.91 Å². The van der Waals surface area contributed by atoms with Crippen LogP contribution in [0.3, 0.4) is 0 Å². The summed E-state index contributed by atoms with van der Waals surface area (Å²) in [5.41, 5.74) is 0.652. The number of rotatable bonds is 4. The molecule has 1 atom stereocenters. The van der Waals surface area contributed by atoms with Crippen LogP contribution >= 0.6 is 0 Å². The van der Waals surface area contributed by atoms with Crippen LogP contribution in [0.25, 0.3) is 0 Å². The van der Waals surface area contributed by atoms with E-state index in [2.05, 4.69) is 5.32 Å². The Labute approximate surface area is 117 Å². The number of ether oxygens (including phenoxy) is 2. The molecule has 2 aliphatic rings. The van der Waals surface area contributed by atoms with Gasteiger partial charge in [-0.3, -0.25) is 4.79 Å². The molecule has 20 heavy (non-hydrogen) atoms. The molecule has 2 fully saturated rings. The molecule has 0 spiro atoms. The molecule has 1 aromatic carbocycles. The fourth-order valence-corrected chi connectivity index (χ4v) is 2.17. The van der Waals surface area contributed by atoms with E-state index in [9.17, 15) is 9.59 Å². The van der Waals surface area contributed by atoms with Gasteiger partial charge < -0.3 is 14.8 Å². The quantitative estimate of drug-likeness (QED) is 0.675. The minimum atomic E-state index is -0.459. The number of nitrogens with one attached hydrogen (secondary N) is 1. The summed E-state index contributed by atoms with van der Waals surface area (Å²) in [6, 6.07) is 6.89. The van der Waals surface area contributed by atoms with E-state index in [1.54, 1.807) is 24.3 Å². The Balaban J connectivity index is 1.61. The third-order valence-electron chi connectivity index (χ3n) is 3.46. The first kappa shape index (κ1) is 13.1. The molecule has 1 aromatic rings. The minimum Gasteiger partial charge on any atom is -0.425 e. The smallest absolute Gasteiger partial charge is 0.340 e. The molecule has 0 unspecified atom stereocenters. The number of carbonyl (C=O) groups is 2. The Hall–Kier alpha value is -1.88. The number of esters is 1. The Morgan fingerprint density at radius 3 is 2.80 bits per heavy atom. The van der Waals surface area contributed by atoms with Crippen molar-refractivity contribution in [3.8, 4) is 5.75 Å². The summed E-state index contributed by atoms with van der Waals surface area (Å²) in [4.78, 5) is 23.5. The highest BCUT2D eigenvalue weighted by molar-refractivity contribution is 5.94. The molecule has 3 rings (SSSR count). The third-order valence-corrected chi connectivity index (χ3v) is 3.46. The van der Waals surface area contributed by atoms with Crippen LogP contribution < -0.4 is 10.1 Å². The van der Waals surface area contributed by atoms with Crippen LogP contribution in [0.2, 0.25) is 0 Å².